The van der Waals surface area contributed by atoms with E-state index >= 15 is 0 Å². The molecule has 3 aromatic rings. The molecule has 4 nitrogen and oxygen atoms in total. The van der Waals surface area contributed by atoms with Crippen LogP contribution in [-0.2, 0) is 6.61 Å². The minimum atomic E-state index is -0.0743. The second-order valence-corrected chi connectivity index (χ2v) is 5.85. The average Bonchev–Trinajstić information content (AvgIpc) is 2.57. The smallest absolute Gasteiger partial charge is 0.206 e. The second kappa shape index (κ2) is 6.39. The lowest BCUT2D eigenvalue weighted by Gasteiger charge is -2.11. The molecule has 2 aromatic carbocycles. The van der Waals surface area contributed by atoms with E-state index in [2.05, 4.69) is 0 Å². The first-order chi connectivity index (χ1) is 10.7. The van der Waals surface area contributed by atoms with Gasteiger partial charge in [-0.05, 0) is 34.2 Å². The van der Waals surface area contributed by atoms with Gasteiger partial charge < -0.3 is 13.9 Å². The van der Waals surface area contributed by atoms with E-state index in [1.807, 2.05) is 52.9 Å². The molecule has 0 aliphatic heterocycles. The average molecular weight is 408 g/mol. The summed E-state index contributed by atoms with van der Waals surface area (Å²) in [5.74, 6) is 1.06. The number of methoxy groups -OCH3 is 1. The number of hydrogen-bond donors (Lipinski definition) is 0. The molecule has 22 heavy (non-hydrogen) atoms. The largest absolute Gasteiger partial charge is 0.493 e. The number of hydrogen-bond acceptors (Lipinski definition) is 4. The summed E-state index contributed by atoms with van der Waals surface area (Å²) < 4.78 is 17.1. The number of rotatable bonds is 4. The summed E-state index contributed by atoms with van der Waals surface area (Å²) in [6, 6.07) is 13.2. The topological polar surface area (TPSA) is 48.7 Å². The highest BCUT2D eigenvalue weighted by atomic mass is 127. The molecule has 0 aliphatic rings. The molecule has 5 heteroatoms. The van der Waals surface area contributed by atoms with Crippen molar-refractivity contribution in [1.29, 1.82) is 0 Å². The third-order valence-electron chi connectivity index (χ3n) is 3.25. The molecule has 0 aliphatic carbocycles. The van der Waals surface area contributed by atoms with E-state index in [1.165, 1.54) is 6.26 Å². The Labute approximate surface area is 140 Å². The fraction of sp³-hybridized carbons (Fsp3) is 0.118. The molecule has 1 aromatic heterocycles. The predicted molar refractivity (Wildman–Crippen MR) is 92.5 cm³/mol. The van der Waals surface area contributed by atoms with Gasteiger partial charge in [0, 0.05) is 6.07 Å². The van der Waals surface area contributed by atoms with Gasteiger partial charge in [0.15, 0.2) is 11.5 Å². The molecule has 3 rings (SSSR count). The maximum Gasteiger partial charge on any atom is 0.206 e. The summed E-state index contributed by atoms with van der Waals surface area (Å²) in [7, 11) is 1.55. The van der Waals surface area contributed by atoms with E-state index in [0.29, 0.717) is 32.6 Å². The van der Waals surface area contributed by atoms with Gasteiger partial charge in [0.25, 0.3) is 0 Å². The van der Waals surface area contributed by atoms with Gasteiger partial charge >= 0.3 is 0 Å². The minimum Gasteiger partial charge on any atom is -0.493 e. The van der Waals surface area contributed by atoms with Crippen LogP contribution in [0.1, 0.15) is 5.56 Å². The zero-order valence-electron chi connectivity index (χ0n) is 11.8. The number of benzene rings is 2. The number of fused-ring (bicyclic) bond motifs is 1. The predicted octanol–water partition coefficient (Wildman–Crippen LogP) is 3.99. The van der Waals surface area contributed by atoms with Gasteiger partial charge in [0.05, 0.1) is 16.1 Å². The van der Waals surface area contributed by atoms with Crippen molar-refractivity contribution in [3.8, 4) is 11.5 Å². The Bertz CT molecular complexity index is 856. The third kappa shape index (κ3) is 2.94. The van der Waals surface area contributed by atoms with Crippen molar-refractivity contribution >= 4 is 33.6 Å². The van der Waals surface area contributed by atoms with Gasteiger partial charge in [-0.2, -0.15) is 0 Å². The quantitative estimate of drug-likeness (QED) is 0.613. The molecule has 0 atom stereocenters. The van der Waals surface area contributed by atoms with Gasteiger partial charge in [-0.3, -0.25) is 4.79 Å². The van der Waals surface area contributed by atoms with Crippen molar-refractivity contribution in [2.45, 2.75) is 6.61 Å². The molecule has 0 radical (unpaired) electrons. The van der Waals surface area contributed by atoms with E-state index in [4.69, 9.17) is 13.9 Å². The maximum absolute atomic E-state index is 12.1. The van der Waals surface area contributed by atoms with Crippen molar-refractivity contribution in [3.63, 3.8) is 0 Å². The van der Waals surface area contributed by atoms with E-state index in [-0.39, 0.29) is 5.43 Å². The van der Waals surface area contributed by atoms with Crippen LogP contribution in [0.25, 0.3) is 11.0 Å². The molecule has 112 valence electrons. The Balaban J connectivity index is 1.98. The lowest BCUT2D eigenvalue weighted by atomic mass is 10.2. The summed E-state index contributed by atoms with van der Waals surface area (Å²) >= 11 is 1.95. The summed E-state index contributed by atoms with van der Waals surface area (Å²) in [5.41, 5.74) is 1.46. The van der Waals surface area contributed by atoms with Crippen molar-refractivity contribution in [2.75, 3.05) is 7.11 Å². The van der Waals surface area contributed by atoms with Gasteiger partial charge in [-0.25, -0.2) is 0 Å². The monoisotopic (exact) mass is 408 g/mol. The number of ether oxygens (including phenoxy) is 2. The van der Waals surface area contributed by atoms with Crippen LogP contribution in [0.5, 0.6) is 11.5 Å². The second-order valence-electron chi connectivity index (χ2n) is 4.69. The molecule has 0 fully saturated rings. The van der Waals surface area contributed by atoms with Gasteiger partial charge in [-0.1, -0.05) is 30.3 Å². The Kier molecular flexibility index (Phi) is 4.33. The van der Waals surface area contributed by atoms with E-state index in [9.17, 15) is 4.79 Å². The lowest BCUT2D eigenvalue weighted by molar-refractivity contribution is 0.284. The van der Waals surface area contributed by atoms with E-state index < -0.39 is 0 Å². The van der Waals surface area contributed by atoms with Crippen LogP contribution in [0.2, 0.25) is 0 Å². The summed E-state index contributed by atoms with van der Waals surface area (Å²) in [6.45, 7) is 0.414. The summed E-state index contributed by atoms with van der Waals surface area (Å²) in [5, 5.41) is 0.482. The first kappa shape index (κ1) is 14.9. The van der Waals surface area contributed by atoms with Crippen LogP contribution in [0.4, 0.5) is 0 Å². The molecule has 0 bridgehead atoms. The van der Waals surface area contributed by atoms with Crippen LogP contribution in [0.15, 0.2) is 57.9 Å². The molecule has 0 saturated carbocycles. The Morgan fingerprint density at radius 1 is 1.14 bits per heavy atom. The molecule has 0 amide bonds. The molecule has 0 spiro atoms. The Morgan fingerprint density at radius 2 is 1.91 bits per heavy atom. The molecule has 0 unspecified atom stereocenters. The molecule has 0 saturated heterocycles. The highest BCUT2D eigenvalue weighted by Gasteiger charge is 2.12. The molecule has 1 heterocycles. The van der Waals surface area contributed by atoms with Crippen LogP contribution < -0.4 is 14.9 Å². The highest BCUT2D eigenvalue weighted by molar-refractivity contribution is 14.1. The fourth-order valence-electron chi connectivity index (χ4n) is 2.12. The summed E-state index contributed by atoms with van der Waals surface area (Å²) in [6.07, 6.45) is 1.44. The Hall–Kier alpha value is -2.02. The standard InChI is InChI=1S/C17H13IO4/c1-20-15-7-12-14(22-10-13(18)17(12)19)8-16(15)21-9-11-5-3-2-4-6-11/h2-8,10H,9H2,1H3. The van der Waals surface area contributed by atoms with Crippen LogP contribution in [0.3, 0.4) is 0 Å². The maximum atomic E-state index is 12.1. The lowest BCUT2D eigenvalue weighted by Crippen LogP contribution is -2.05. The first-order valence-corrected chi connectivity index (χ1v) is 7.72. The Morgan fingerprint density at radius 3 is 2.64 bits per heavy atom. The zero-order chi connectivity index (χ0) is 15.5. The minimum absolute atomic E-state index is 0.0743. The highest BCUT2D eigenvalue weighted by Crippen LogP contribution is 2.32. The fourth-order valence-corrected chi connectivity index (χ4v) is 2.54. The number of halogens is 1. The van der Waals surface area contributed by atoms with Crippen molar-refractivity contribution in [1.82, 2.24) is 0 Å². The van der Waals surface area contributed by atoms with Gasteiger partial charge in [0.1, 0.15) is 18.5 Å². The summed E-state index contributed by atoms with van der Waals surface area (Å²) in [4.78, 5) is 12.1. The van der Waals surface area contributed by atoms with Gasteiger partial charge in [-0.15, -0.1) is 0 Å². The van der Waals surface area contributed by atoms with Crippen molar-refractivity contribution in [2.24, 2.45) is 0 Å². The van der Waals surface area contributed by atoms with E-state index in [1.54, 1.807) is 19.2 Å². The van der Waals surface area contributed by atoms with E-state index in [0.717, 1.165) is 5.56 Å². The molecular weight excluding hydrogens is 395 g/mol. The molecular formula is C17H13IO4. The van der Waals surface area contributed by atoms with Crippen molar-refractivity contribution in [3.05, 3.63) is 68.1 Å². The SMILES string of the molecule is COc1cc2c(=O)c(I)coc2cc1OCc1ccccc1. The molecule has 0 N–H and O–H groups in total. The van der Waals surface area contributed by atoms with Gasteiger partial charge in [0.2, 0.25) is 5.43 Å². The van der Waals surface area contributed by atoms with Crippen LogP contribution in [0, 0.1) is 3.57 Å². The van der Waals surface area contributed by atoms with Crippen LogP contribution in [-0.4, -0.2) is 7.11 Å². The normalized spacial score (nSPS) is 10.6. The van der Waals surface area contributed by atoms with Crippen molar-refractivity contribution < 1.29 is 13.9 Å². The van der Waals surface area contributed by atoms with Crippen LogP contribution >= 0.6 is 22.6 Å². The first-order valence-electron chi connectivity index (χ1n) is 6.65. The third-order valence-corrected chi connectivity index (χ3v) is 4.00. The zero-order valence-corrected chi connectivity index (χ0v) is 14.0.